The second kappa shape index (κ2) is 7.13. The highest BCUT2D eigenvalue weighted by atomic mass is 16.2. The van der Waals surface area contributed by atoms with Crippen LogP contribution < -0.4 is 11.1 Å². The van der Waals surface area contributed by atoms with Gasteiger partial charge in [0.1, 0.15) is 0 Å². The summed E-state index contributed by atoms with van der Waals surface area (Å²) in [6.45, 7) is 1.66. The molecular weight excluding hydrogens is 290 g/mol. The van der Waals surface area contributed by atoms with E-state index in [1.165, 1.54) is 0 Å². The van der Waals surface area contributed by atoms with Crippen LogP contribution in [0.25, 0.3) is 0 Å². The van der Waals surface area contributed by atoms with Gasteiger partial charge in [-0.25, -0.2) is 0 Å². The molecule has 1 saturated carbocycles. The molecule has 1 aromatic carbocycles. The number of amides is 2. The van der Waals surface area contributed by atoms with Gasteiger partial charge in [0, 0.05) is 36.8 Å². The first-order valence-corrected chi connectivity index (χ1v) is 8.58. The van der Waals surface area contributed by atoms with Gasteiger partial charge in [-0.05, 0) is 49.8 Å². The normalized spacial score (nSPS) is 24.0. The molecule has 2 aliphatic rings. The van der Waals surface area contributed by atoms with E-state index in [1.54, 1.807) is 6.07 Å². The van der Waals surface area contributed by atoms with Crippen molar-refractivity contribution in [2.24, 2.45) is 11.7 Å². The van der Waals surface area contributed by atoms with Crippen molar-refractivity contribution in [2.45, 2.75) is 44.6 Å². The third-order valence-corrected chi connectivity index (χ3v) is 4.95. The molecule has 1 saturated heterocycles. The second-order valence-electron chi connectivity index (χ2n) is 6.69. The summed E-state index contributed by atoms with van der Waals surface area (Å²) in [6.07, 6.45) is 5.76. The maximum absolute atomic E-state index is 12.4. The van der Waals surface area contributed by atoms with E-state index in [1.807, 2.05) is 23.1 Å². The number of benzene rings is 1. The Bertz CT molecular complexity index is 581. The van der Waals surface area contributed by atoms with E-state index in [0.29, 0.717) is 17.7 Å². The minimum atomic E-state index is -0.0156. The standard InChI is InChI=1S/C18H25N3O2/c19-16-8-4-5-13(16)12-17(22)20-15-7-3-6-14(11-15)18(23)21-9-1-2-10-21/h3,6-7,11,13,16H,1-2,4-5,8-10,12,19H2,(H,20,22)/t13-,16+/m0/s1. The van der Waals surface area contributed by atoms with E-state index in [-0.39, 0.29) is 23.8 Å². The Morgan fingerprint density at radius 1 is 1.17 bits per heavy atom. The van der Waals surface area contributed by atoms with Crippen molar-refractivity contribution in [3.63, 3.8) is 0 Å². The number of nitrogens with one attached hydrogen (secondary N) is 1. The molecular formula is C18H25N3O2. The first-order chi connectivity index (χ1) is 11.1. The van der Waals surface area contributed by atoms with E-state index in [4.69, 9.17) is 5.73 Å². The third-order valence-electron chi connectivity index (χ3n) is 4.95. The first kappa shape index (κ1) is 16.0. The maximum Gasteiger partial charge on any atom is 0.253 e. The van der Waals surface area contributed by atoms with E-state index < -0.39 is 0 Å². The number of nitrogens with zero attached hydrogens (tertiary/aromatic N) is 1. The SMILES string of the molecule is N[C@@H]1CCC[C@H]1CC(=O)Nc1cccc(C(=O)N2CCCC2)c1. The number of anilines is 1. The van der Waals surface area contributed by atoms with Crippen LogP contribution in [0.15, 0.2) is 24.3 Å². The van der Waals surface area contributed by atoms with Gasteiger partial charge >= 0.3 is 0 Å². The summed E-state index contributed by atoms with van der Waals surface area (Å²) in [4.78, 5) is 26.5. The molecule has 0 unspecified atom stereocenters. The predicted octanol–water partition coefficient (Wildman–Crippen LogP) is 2.38. The lowest BCUT2D eigenvalue weighted by molar-refractivity contribution is -0.117. The Morgan fingerprint density at radius 2 is 1.96 bits per heavy atom. The smallest absolute Gasteiger partial charge is 0.253 e. The molecule has 2 amide bonds. The average Bonchev–Trinajstić information content (AvgIpc) is 3.19. The Hall–Kier alpha value is -1.88. The summed E-state index contributed by atoms with van der Waals surface area (Å²) in [6, 6.07) is 7.37. The summed E-state index contributed by atoms with van der Waals surface area (Å²) in [5, 5.41) is 2.91. The third kappa shape index (κ3) is 3.91. The molecule has 2 fully saturated rings. The highest BCUT2D eigenvalue weighted by Crippen LogP contribution is 2.27. The number of hydrogen-bond acceptors (Lipinski definition) is 3. The number of carbonyl (C=O) groups excluding carboxylic acids is 2. The Balaban J connectivity index is 1.60. The summed E-state index contributed by atoms with van der Waals surface area (Å²) in [5.41, 5.74) is 7.35. The molecule has 3 N–H and O–H groups in total. The molecule has 1 aliphatic carbocycles. The minimum absolute atomic E-state index is 0.0156. The molecule has 5 nitrogen and oxygen atoms in total. The minimum Gasteiger partial charge on any atom is -0.339 e. The zero-order chi connectivity index (χ0) is 16.2. The van der Waals surface area contributed by atoms with Crippen molar-refractivity contribution in [1.82, 2.24) is 4.90 Å². The van der Waals surface area contributed by atoms with Crippen LogP contribution in [0.4, 0.5) is 5.69 Å². The first-order valence-electron chi connectivity index (χ1n) is 8.58. The molecule has 3 rings (SSSR count). The van der Waals surface area contributed by atoms with Crippen molar-refractivity contribution in [3.05, 3.63) is 29.8 Å². The number of nitrogens with two attached hydrogens (primary N) is 1. The van der Waals surface area contributed by atoms with Crippen molar-refractivity contribution in [1.29, 1.82) is 0 Å². The maximum atomic E-state index is 12.4. The zero-order valence-corrected chi connectivity index (χ0v) is 13.5. The van der Waals surface area contributed by atoms with Crippen molar-refractivity contribution < 1.29 is 9.59 Å². The van der Waals surface area contributed by atoms with Gasteiger partial charge in [-0.3, -0.25) is 9.59 Å². The quantitative estimate of drug-likeness (QED) is 0.895. The molecule has 0 bridgehead atoms. The van der Waals surface area contributed by atoms with Gasteiger partial charge in [0.2, 0.25) is 5.91 Å². The lowest BCUT2D eigenvalue weighted by Gasteiger charge is -2.17. The predicted molar refractivity (Wildman–Crippen MR) is 90.1 cm³/mol. The molecule has 1 aromatic rings. The van der Waals surface area contributed by atoms with Gasteiger partial charge in [-0.1, -0.05) is 12.5 Å². The summed E-state index contributed by atoms with van der Waals surface area (Å²) in [5.74, 6) is 0.318. The highest BCUT2D eigenvalue weighted by Gasteiger charge is 2.26. The fraction of sp³-hybridized carbons (Fsp3) is 0.556. The van der Waals surface area contributed by atoms with Crippen LogP contribution in [-0.4, -0.2) is 35.8 Å². The average molecular weight is 315 g/mol. The fourth-order valence-corrected chi connectivity index (χ4v) is 3.60. The van der Waals surface area contributed by atoms with Crippen LogP contribution in [0, 0.1) is 5.92 Å². The van der Waals surface area contributed by atoms with Crippen molar-refractivity contribution in [2.75, 3.05) is 18.4 Å². The monoisotopic (exact) mass is 315 g/mol. The summed E-state index contributed by atoms with van der Waals surface area (Å²) >= 11 is 0. The molecule has 0 aromatic heterocycles. The number of carbonyl (C=O) groups is 2. The van der Waals surface area contributed by atoms with Gasteiger partial charge in [0.25, 0.3) is 5.91 Å². The summed E-state index contributed by atoms with van der Waals surface area (Å²) in [7, 11) is 0. The Morgan fingerprint density at radius 3 is 2.65 bits per heavy atom. The van der Waals surface area contributed by atoms with Crippen molar-refractivity contribution in [3.8, 4) is 0 Å². The lowest BCUT2D eigenvalue weighted by atomic mass is 10.00. The largest absolute Gasteiger partial charge is 0.339 e. The molecule has 124 valence electrons. The van der Waals surface area contributed by atoms with Crippen LogP contribution in [0.1, 0.15) is 48.9 Å². The van der Waals surface area contributed by atoms with Crippen molar-refractivity contribution >= 4 is 17.5 Å². The molecule has 1 aliphatic heterocycles. The Labute approximate surface area is 137 Å². The van der Waals surface area contributed by atoms with Crippen LogP contribution in [0.5, 0.6) is 0 Å². The van der Waals surface area contributed by atoms with E-state index >= 15 is 0 Å². The molecule has 23 heavy (non-hydrogen) atoms. The fourth-order valence-electron chi connectivity index (χ4n) is 3.60. The highest BCUT2D eigenvalue weighted by molar-refractivity contribution is 5.97. The van der Waals surface area contributed by atoms with E-state index in [9.17, 15) is 9.59 Å². The van der Waals surface area contributed by atoms with Gasteiger partial charge in [0.05, 0.1) is 0 Å². The van der Waals surface area contributed by atoms with Gasteiger partial charge < -0.3 is 16.0 Å². The van der Waals surface area contributed by atoms with Crippen LogP contribution in [0.2, 0.25) is 0 Å². The van der Waals surface area contributed by atoms with Crippen LogP contribution >= 0.6 is 0 Å². The van der Waals surface area contributed by atoms with Gasteiger partial charge in [-0.2, -0.15) is 0 Å². The molecule has 0 spiro atoms. The van der Waals surface area contributed by atoms with Gasteiger partial charge in [-0.15, -0.1) is 0 Å². The summed E-state index contributed by atoms with van der Waals surface area (Å²) < 4.78 is 0. The molecule has 5 heteroatoms. The number of likely N-dealkylation sites (tertiary alicyclic amines) is 1. The van der Waals surface area contributed by atoms with E-state index in [0.717, 1.165) is 45.2 Å². The second-order valence-corrected chi connectivity index (χ2v) is 6.69. The molecule has 0 radical (unpaired) electrons. The van der Waals surface area contributed by atoms with Crippen LogP contribution in [0.3, 0.4) is 0 Å². The lowest BCUT2D eigenvalue weighted by Crippen LogP contribution is -2.28. The number of hydrogen-bond donors (Lipinski definition) is 2. The Kier molecular flexibility index (Phi) is 4.96. The number of rotatable bonds is 4. The van der Waals surface area contributed by atoms with Gasteiger partial charge in [0.15, 0.2) is 0 Å². The topological polar surface area (TPSA) is 75.4 Å². The van der Waals surface area contributed by atoms with Crippen LogP contribution in [-0.2, 0) is 4.79 Å². The molecule has 1 heterocycles. The zero-order valence-electron chi connectivity index (χ0n) is 13.5. The molecule has 2 atom stereocenters. The van der Waals surface area contributed by atoms with E-state index in [2.05, 4.69) is 5.32 Å².